The van der Waals surface area contributed by atoms with Crippen molar-refractivity contribution in [3.8, 4) is 11.3 Å². The number of nitrogens with zero attached hydrogens (tertiary/aromatic N) is 6. The third-order valence-corrected chi connectivity index (χ3v) is 6.35. The monoisotopic (exact) mass is 460 g/mol. The van der Waals surface area contributed by atoms with Crippen LogP contribution in [-0.4, -0.2) is 63.3 Å². The standard InChI is InChI=1S/C21H22ClFN6O3/c1-27-18(20(25-26-27)16-4-3-13(22)5-17(16)23)9-29-19(30)6-14(8-24-29)28-11-21(12-28)7-15(31-2)10-32-21/h3-6,8,15H,7,9-12H2,1-2H3/t15-/m1/s1. The average Bonchev–Trinajstić information content (AvgIpc) is 3.33. The van der Waals surface area contributed by atoms with E-state index in [0.29, 0.717) is 36.1 Å². The molecular formula is C21H22ClFN6O3. The van der Waals surface area contributed by atoms with E-state index >= 15 is 0 Å². The van der Waals surface area contributed by atoms with E-state index in [1.54, 1.807) is 38.6 Å². The molecule has 11 heteroatoms. The lowest BCUT2D eigenvalue weighted by atomic mass is 9.90. The molecule has 0 radical (unpaired) electrons. The first-order valence-corrected chi connectivity index (χ1v) is 10.6. The summed E-state index contributed by atoms with van der Waals surface area (Å²) in [5.41, 5.74) is 1.44. The third-order valence-electron chi connectivity index (χ3n) is 6.12. The van der Waals surface area contributed by atoms with E-state index in [1.807, 2.05) is 0 Å². The molecule has 0 bridgehead atoms. The lowest BCUT2D eigenvalue weighted by Crippen LogP contribution is -2.62. The molecule has 2 fully saturated rings. The van der Waals surface area contributed by atoms with Gasteiger partial charge < -0.3 is 14.4 Å². The summed E-state index contributed by atoms with van der Waals surface area (Å²) in [6, 6.07) is 5.90. The van der Waals surface area contributed by atoms with Crippen LogP contribution in [0.5, 0.6) is 0 Å². The van der Waals surface area contributed by atoms with Gasteiger partial charge in [-0.25, -0.2) is 13.8 Å². The van der Waals surface area contributed by atoms with Crippen molar-refractivity contribution in [2.24, 2.45) is 7.05 Å². The Hall–Kier alpha value is -2.82. The van der Waals surface area contributed by atoms with Crippen molar-refractivity contribution < 1.29 is 13.9 Å². The second kappa shape index (κ2) is 7.95. The first kappa shape index (κ1) is 21.0. The summed E-state index contributed by atoms with van der Waals surface area (Å²) >= 11 is 5.86. The zero-order chi connectivity index (χ0) is 22.5. The molecule has 2 saturated heterocycles. The zero-order valence-electron chi connectivity index (χ0n) is 17.7. The topological polar surface area (TPSA) is 87.3 Å². The van der Waals surface area contributed by atoms with Crippen LogP contribution in [0.1, 0.15) is 12.1 Å². The van der Waals surface area contributed by atoms with Crippen LogP contribution >= 0.6 is 11.6 Å². The maximum Gasteiger partial charge on any atom is 0.269 e. The van der Waals surface area contributed by atoms with Gasteiger partial charge >= 0.3 is 0 Å². The van der Waals surface area contributed by atoms with Gasteiger partial charge in [0.15, 0.2) is 0 Å². The third kappa shape index (κ3) is 3.68. The molecule has 0 unspecified atom stereocenters. The second-order valence-corrected chi connectivity index (χ2v) is 8.69. The molecule has 0 N–H and O–H groups in total. The Morgan fingerprint density at radius 3 is 2.84 bits per heavy atom. The Labute approximate surface area is 188 Å². The van der Waals surface area contributed by atoms with Crippen LogP contribution in [0.3, 0.4) is 0 Å². The molecule has 0 aliphatic carbocycles. The largest absolute Gasteiger partial charge is 0.379 e. The smallest absolute Gasteiger partial charge is 0.269 e. The zero-order valence-corrected chi connectivity index (χ0v) is 18.4. The predicted octanol–water partition coefficient (Wildman–Crippen LogP) is 1.87. The van der Waals surface area contributed by atoms with Crippen molar-refractivity contribution >= 4 is 17.3 Å². The van der Waals surface area contributed by atoms with Crippen LogP contribution in [0.25, 0.3) is 11.3 Å². The number of anilines is 1. The van der Waals surface area contributed by atoms with Crippen molar-refractivity contribution in [2.45, 2.75) is 24.7 Å². The summed E-state index contributed by atoms with van der Waals surface area (Å²) in [7, 11) is 3.38. The summed E-state index contributed by atoms with van der Waals surface area (Å²) in [5, 5.41) is 12.7. The molecule has 0 saturated carbocycles. The minimum Gasteiger partial charge on any atom is -0.379 e. The molecule has 168 valence electrons. The number of hydrogen-bond acceptors (Lipinski definition) is 7. The van der Waals surface area contributed by atoms with Gasteiger partial charge in [0.25, 0.3) is 5.56 Å². The van der Waals surface area contributed by atoms with E-state index in [2.05, 4.69) is 20.3 Å². The lowest BCUT2D eigenvalue weighted by molar-refractivity contribution is -0.0209. The van der Waals surface area contributed by atoms with Crippen molar-refractivity contribution in [3.63, 3.8) is 0 Å². The van der Waals surface area contributed by atoms with Crippen LogP contribution in [0.15, 0.2) is 35.3 Å². The maximum absolute atomic E-state index is 14.4. The number of aryl methyl sites for hydroxylation is 1. The Balaban J connectivity index is 1.35. The number of aromatic nitrogens is 5. The summed E-state index contributed by atoms with van der Waals surface area (Å²) in [5.74, 6) is -0.508. The summed E-state index contributed by atoms with van der Waals surface area (Å²) in [6.45, 7) is 2.09. The van der Waals surface area contributed by atoms with Gasteiger partial charge in [0.1, 0.15) is 17.1 Å². The Bertz CT molecular complexity index is 1220. The Morgan fingerprint density at radius 1 is 1.34 bits per heavy atom. The highest BCUT2D eigenvalue weighted by Crippen LogP contribution is 2.38. The minimum absolute atomic E-state index is 0.0998. The highest BCUT2D eigenvalue weighted by Gasteiger charge is 2.50. The van der Waals surface area contributed by atoms with Gasteiger partial charge in [-0.15, -0.1) is 5.10 Å². The molecule has 1 atom stereocenters. The number of ether oxygens (including phenoxy) is 2. The van der Waals surface area contributed by atoms with Gasteiger partial charge in [-0.3, -0.25) is 4.79 Å². The molecule has 32 heavy (non-hydrogen) atoms. The molecule has 1 spiro atoms. The van der Waals surface area contributed by atoms with E-state index in [-0.39, 0.29) is 29.4 Å². The van der Waals surface area contributed by atoms with Crippen molar-refractivity contribution in [1.29, 1.82) is 0 Å². The molecule has 0 amide bonds. The van der Waals surface area contributed by atoms with E-state index in [1.165, 1.54) is 15.4 Å². The van der Waals surface area contributed by atoms with Crippen LogP contribution in [-0.2, 0) is 23.1 Å². The molecule has 9 nitrogen and oxygen atoms in total. The Morgan fingerprint density at radius 2 is 2.16 bits per heavy atom. The first-order valence-electron chi connectivity index (χ1n) is 10.2. The van der Waals surface area contributed by atoms with E-state index in [9.17, 15) is 9.18 Å². The van der Waals surface area contributed by atoms with Gasteiger partial charge in [0.2, 0.25) is 0 Å². The fourth-order valence-electron chi connectivity index (χ4n) is 4.31. The fraction of sp³-hybridized carbons (Fsp3) is 0.429. The maximum atomic E-state index is 14.4. The predicted molar refractivity (Wildman–Crippen MR) is 115 cm³/mol. The van der Waals surface area contributed by atoms with Gasteiger partial charge in [0.05, 0.1) is 36.8 Å². The number of hydrogen-bond donors (Lipinski definition) is 0. The van der Waals surface area contributed by atoms with Crippen LogP contribution in [0.4, 0.5) is 10.1 Å². The molecule has 3 aromatic rings. The molecule has 2 aromatic heterocycles. The SMILES string of the molecule is CO[C@H]1COC2(C1)CN(c1cnn(Cc3c(-c4ccc(Cl)cc4F)nnn3C)c(=O)c1)C2. The number of rotatable bonds is 5. The van der Waals surface area contributed by atoms with E-state index in [4.69, 9.17) is 21.1 Å². The van der Waals surface area contributed by atoms with Crippen molar-refractivity contribution in [2.75, 3.05) is 31.7 Å². The van der Waals surface area contributed by atoms with E-state index in [0.717, 1.165) is 12.1 Å². The van der Waals surface area contributed by atoms with Gasteiger partial charge in [0, 0.05) is 50.3 Å². The molecule has 1 aromatic carbocycles. The lowest BCUT2D eigenvalue weighted by Gasteiger charge is -2.48. The van der Waals surface area contributed by atoms with Crippen molar-refractivity contribution in [1.82, 2.24) is 24.8 Å². The quantitative estimate of drug-likeness (QED) is 0.574. The summed E-state index contributed by atoms with van der Waals surface area (Å²) < 4.78 is 28.5. The van der Waals surface area contributed by atoms with E-state index < -0.39 is 5.82 Å². The summed E-state index contributed by atoms with van der Waals surface area (Å²) in [4.78, 5) is 14.8. The van der Waals surface area contributed by atoms with Crippen molar-refractivity contribution in [3.05, 3.63) is 57.3 Å². The fourth-order valence-corrected chi connectivity index (χ4v) is 4.47. The first-order chi connectivity index (χ1) is 15.4. The number of benzene rings is 1. The van der Waals surface area contributed by atoms with Gasteiger partial charge in [-0.1, -0.05) is 16.8 Å². The molecule has 5 rings (SSSR count). The van der Waals surface area contributed by atoms with Gasteiger partial charge in [-0.2, -0.15) is 5.10 Å². The Kier molecular flexibility index (Phi) is 5.23. The molecule has 4 heterocycles. The molecular weight excluding hydrogens is 439 g/mol. The molecule has 2 aliphatic heterocycles. The highest BCUT2D eigenvalue weighted by atomic mass is 35.5. The second-order valence-electron chi connectivity index (χ2n) is 8.25. The highest BCUT2D eigenvalue weighted by molar-refractivity contribution is 6.30. The normalized spacial score (nSPS) is 19.5. The van der Waals surface area contributed by atoms with Crippen LogP contribution in [0, 0.1) is 5.82 Å². The van der Waals surface area contributed by atoms with Crippen LogP contribution in [0.2, 0.25) is 5.02 Å². The minimum atomic E-state index is -0.508. The van der Waals surface area contributed by atoms with Crippen LogP contribution < -0.4 is 10.5 Å². The average molecular weight is 461 g/mol. The number of halogens is 2. The van der Waals surface area contributed by atoms with Gasteiger partial charge in [-0.05, 0) is 18.2 Å². The number of methoxy groups -OCH3 is 1. The molecule has 2 aliphatic rings. The summed E-state index contributed by atoms with van der Waals surface area (Å²) in [6.07, 6.45) is 2.63.